The molecule has 150 valence electrons. The second kappa shape index (κ2) is 14.1. The molecule has 1 aromatic carbocycles. The number of benzene rings is 1. The summed E-state index contributed by atoms with van der Waals surface area (Å²) in [6, 6.07) is 8.27. The zero-order valence-electron chi connectivity index (χ0n) is 17.4. The normalized spacial score (nSPS) is 15.0. The largest absolute Gasteiger partial charge is 1.00 e. The van der Waals surface area contributed by atoms with Crippen LogP contribution >= 0.6 is 0 Å². The van der Waals surface area contributed by atoms with Gasteiger partial charge in [-0.2, -0.15) is 0 Å². The maximum Gasteiger partial charge on any atom is 1.00 e. The van der Waals surface area contributed by atoms with E-state index in [1.807, 2.05) is 19.1 Å². The topological polar surface area (TPSA) is 75.7 Å². The van der Waals surface area contributed by atoms with Gasteiger partial charge in [-0.25, -0.2) is 8.42 Å². The molecule has 5 nitrogen and oxygen atoms in total. The van der Waals surface area contributed by atoms with Gasteiger partial charge < -0.3 is 14.0 Å². The summed E-state index contributed by atoms with van der Waals surface area (Å²) >= 11 is 0. The van der Waals surface area contributed by atoms with Crippen LogP contribution in [0, 0.1) is 0 Å². The van der Waals surface area contributed by atoms with E-state index in [0.717, 1.165) is 12.0 Å². The van der Waals surface area contributed by atoms with Crippen molar-refractivity contribution in [3.63, 3.8) is 0 Å². The molecular weight excluding hydrogens is 375 g/mol. The maximum atomic E-state index is 10.9. The summed E-state index contributed by atoms with van der Waals surface area (Å²) in [5.41, 5.74) is 0.876. The summed E-state index contributed by atoms with van der Waals surface area (Å²) in [6.07, 6.45) is 7.77. The van der Waals surface area contributed by atoms with Crippen molar-refractivity contribution in [2.45, 2.75) is 90.5 Å². The number of unbranched alkanes of at least 4 members (excludes halogenated alkanes) is 5. The van der Waals surface area contributed by atoms with Crippen LogP contribution in [-0.2, 0) is 26.0 Å². The van der Waals surface area contributed by atoms with E-state index in [0.29, 0.717) is 0 Å². The molecule has 0 heterocycles. The molecule has 0 aliphatic heterocycles. The van der Waals surface area contributed by atoms with Gasteiger partial charge in [0.25, 0.3) is 0 Å². The molecule has 0 radical (unpaired) electrons. The maximum absolute atomic E-state index is 10.9. The van der Waals surface area contributed by atoms with Crippen molar-refractivity contribution in [1.82, 2.24) is 0 Å². The van der Waals surface area contributed by atoms with E-state index in [1.54, 1.807) is 6.92 Å². The number of hydrogen-bond donors (Lipinski definition) is 0. The molecule has 0 aliphatic carbocycles. The molecule has 1 rings (SSSR count). The molecular formula is C20H33NaO5S. The SMILES string of the molecule is CCCCCCCCc1ccc(C(C)OC(C)OC(C)S(=O)(=O)[O-])cc1.[Na+]. The third kappa shape index (κ3) is 11.6. The van der Waals surface area contributed by atoms with Crippen molar-refractivity contribution in [2.24, 2.45) is 0 Å². The quantitative estimate of drug-likeness (QED) is 0.216. The van der Waals surface area contributed by atoms with E-state index >= 15 is 0 Å². The Morgan fingerprint density at radius 2 is 1.48 bits per heavy atom. The van der Waals surface area contributed by atoms with Gasteiger partial charge in [-0.05, 0) is 44.7 Å². The Morgan fingerprint density at radius 1 is 0.926 bits per heavy atom. The second-order valence-corrected chi connectivity index (χ2v) is 8.45. The summed E-state index contributed by atoms with van der Waals surface area (Å²) in [7, 11) is -4.47. The fourth-order valence-corrected chi connectivity index (χ4v) is 3.09. The molecule has 0 fully saturated rings. The first-order chi connectivity index (χ1) is 12.2. The van der Waals surface area contributed by atoms with Crippen molar-refractivity contribution in [2.75, 3.05) is 0 Å². The van der Waals surface area contributed by atoms with Crippen LogP contribution in [0.5, 0.6) is 0 Å². The number of hydrogen-bond acceptors (Lipinski definition) is 5. The second-order valence-electron chi connectivity index (χ2n) is 6.80. The zero-order valence-corrected chi connectivity index (χ0v) is 20.3. The van der Waals surface area contributed by atoms with Gasteiger partial charge in [-0.15, -0.1) is 0 Å². The van der Waals surface area contributed by atoms with Crippen LogP contribution in [0.25, 0.3) is 0 Å². The molecule has 3 unspecified atom stereocenters. The molecule has 0 bridgehead atoms. The molecule has 0 N–H and O–H groups in total. The van der Waals surface area contributed by atoms with E-state index in [9.17, 15) is 13.0 Å². The summed E-state index contributed by atoms with van der Waals surface area (Å²) in [5.74, 6) is 0. The van der Waals surface area contributed by atoms with Gasteiger partial charge in [0.05, 0.1) is 6.10 Å². The molecule has 0 aromatic heterocycles. The predicted molar refractivity (Wildman–Crippen MR) is 103 cm³/mol. The van der Waals surface area contributed by atoms with Gasteiger partial charge in [-0.1, -0.05) is 63.3 Å². The van der Waals surface area contributed by atoms with E-state index in [1.165, 1.54) is 51.0 Å². The monoisotopic (exact) mass is 408 g/mol. The number of ether oxygens (including phenoxy) is 2. The van der Waals surface area contributed by atoms with Crippen molar-refractivity contribution >= 4 is 10.1 Å². The number of aryl methyl sites for hydroxylation is 1. The van der Waals surface area contributed by atoms with Gasteiger partial charge in [0, 0.05) is 0 Å². The fourth-order valence-electron chi connectivity index (χ4n) is 2.80. The van der Waals surface area contributed by atoms with Crippen molar-refractivity contribution in [3.8, 4) is 0 Å². The first kappa shape index (κ1) is 27.0. The van der Waals surface area contributed by atoms with Crippen LogP contribution in [0.2, 0.25) is 0 Å². The third-order valence-electron chi connectivity index (χ3n) is 4.45. The van der Waals surface area contributed by atoms with Crippen LogP contribution < -0.4 is 29.6 Å². The molecule has 0 aliphatic rings. The predicted octanol–water partition coefficient (Wildman–Crippen LogP) is 1.92. The van der Waals surface area contributed by atoms with E-state index < -0.39 is 21.8 Å². The Balaban J connectivity index is 0.00000676. The van der Waals surface area contributed by atoms with Gasteiger partial charge in [0.2, 0.25) is 0 Å². The Labute approximate surface area is 187 Å². The molecule has 7 heteroatoms. The number of rotatable bonds is 13. The smallest absolute Gasteiger partial charge is 0.746 e. The van der Waals surface area contributed by atoms with E-state index in [2.05, 4.69) is 19.1 Å². The average Bonchev–Trinajstić information content (AvgIpc) is 2.57. The first-order valence-electron chi connectivity index (χ1n) is 9.58. The van der Waals surface area contributed by atoms with Gasteiger partial charge in [0.1, 0.15) is 15.6 Å². The van der Waals surface area contributed by atoms with Crippen LogP contribution in [0.4, 0.5) is 0 Å². The van der Waals surface area contributed by atoms with Crippen LogP contribution in [0.1, 0.15) is 83.5 Å². The van der Waals surface area contributed by atoms with Gasteiger partial charge >= 0.3 is 29.6 Å². The molecule has 0 spiro atoms. The summed E-state index contributed by atoms with van der Waals surface area (Å²) in [6.45, 7) is 6.90. The van der Waals surface area contributed by atoms with E-state index in [-0.39, 0.29) is 35.7 Å². The molecule has 27 heavy (non-hydrogen) atoms. The van der Waals surface area contributed by atoms with Crippen LogP contribution in [-0.4, -0.2) is 24.7 Å². The molecule has 0 amide bonds. The zero-order chi connectivity index (χ0) is 19.6. The fraction of sp³-hybridized carbons (Fsp3) is 0.700. The summed E-state index contributed by atoms with van der Waals surface area (Å²) in [4.78, 5) is 0. The minimum atomic E-state index is -4.47. The Morgan fingerprint density at radius 3 is 2.04 bits per heavy atom. The van der Waals surface area contributed by atoms with Crippen LogP contribution in [0.3, 0.4) is 0 Å². The molecule has 0 saturated heterocycles. The Bertz CT molecular complexity index is 603. The molecule has 3 atom stereocenters. The van der Waals surface area contributed by atoms with Crippen molar-refractivity contribution < 1.29 is 52.0 Å². The standard InChI is InChI=1S/C20H34O5S.Na/c1-5-6-7-8-9-10-11-19-12-14-20(15-13-19)16(2)24-17(3)25-18(4)26(21,22)23;/h12-18H,5-11H2,1-4H3,(H,21,22,23);/q;+1/p-1. The molecule has 1 aromatic rings. The van der Waals surface area contributed by atoms with Crippen molar-refractivity contribution in [3.05, 3.63) is 35.4 Å². The minimum absolute atomic E-state index is 0. The van der Waals surface area contributed by atoms with Crippen LogP contribution in [0.15, 0.2) is 24.3 Å². The van der Waals surface area contributed by atoms with Gasteiger partial charge in [0.15, 0.2) is 6.29 Å². The average molecular weight is 409 g/mol. The molecule has 0 saturated carbocycles. The summed E-state index contributed by atoms with van der Waals surface area (Å²) in [5, 5.41) is 0. The Hall–Kier alpha value is 0.0500. The third-order valence-corrected chi connectivity index (χ3v) is 5.38. The summed E-state index contributed by atoms with van der Waals surface area (Å²) < 4.78 is 43.4. The minimum Gasteiger partial charge on any atom is -0.746 e. The van der Waals surface area contributed by atoms with E-state index in [4.69, 9.17) is 9.47 Å². The Kier molecular flexibility index (Phi) is 14.1. The van der Waals surface area contributed by atoms with Gasteiger partial charge in [-0.3, -0.25) is 0 Å². The first-order valence-corrected chi connectivity index (χ1v) is 11.1. The van der Waals surface area contributed by atoms with Crippen molar-refractivity contribution in [1.29, 1.82) is 0 Å².